The second-order valence-electron chi connectivity index (χ2n) is 6.33. The zero-order chi connectivity index (χ0) is 14.4. The molecule has 1 aromatic carbocycles. The second-order valence-corrected chi connectivity index (χ2v) is 6.33. The van der Waals surface area contributed by atoms with Crippen molar-refractivity contribution in [1.29, 1.82) is 0 Å². The van der Waals surface area contributed by atoms with Gasteiger partial charge in [-0.05, 0) is 61.8 Å². The summed E-state index contributed by atoms with van der Waals surface area (Å²) in [4.78, 5) is 0. The highest BCUT2D eigenvalue weighted by Gasteiger charge is 2.36. The molecule has 0 saturated heterocycles. The number of hydrogen-bond acceptors (Lipinski definition) is 2. The molecule has 0 aliphatic heterocycles. The number of benzene rings is 1. The lowest BCUT2D eigenvalue weighted by Crippen LogP contribution is -2.29. The summed E-state index contributed by atoms with van der Waals surface area (Å²) in [6.07, 6.45) is 6.11. The SMILES string of the molecule is CCCNC1CCC(C)(c2ccc(OCCC)cc2)C1. The van der Waals surface area contributed by atoms with Crippen LogP contribution in [-0.4, -0.2) is 19.2 Å². The van der Waals surface area contributed by atoms with Crippen molar-refractivity contribution in [1.82, 2.24) is 5.32 Å². The molecule has 1 aliphatic rings. The summed E-state index contributed by atoms with van der Waals surface area (Å²) in [7, 11) is 0. The zero-order valence-electron chi connectivity index (χ0n) is 13.2. The van der Waals surface area contributed by atoms with Crippen molar-refractivity contribution < 1.29 is 4.74 Å². The summed E-state index contributed by atoms with van der Waals surface area (Å²) >= 11 is 0. The number of nitrogens with one attached hydrogen (secondary N) is 1. The first-order valence-electron chi connectivity index (χ1n) is 8.14. The van der Waals surface area contributed by atoms with E-state index in [9.17, 15) is 0 Å². The number of hydrogen-bond donors (Lipinski definition) is 1. The molecular formula is C18H29NO. The molecule has 2 unspecified atom stereocenters. The van der Waals surface area contributed by atoms with Crippen LogP contribution in [0.15, 0.2) is 24.3 Å². The molecule has 0 spiro atoms. The van der Waals surface area contributed by atoms with Gasteiger partial charge in [0.25, 0.3) is 0 Å². The zero-order valence-corrected chi connectivity index (χ0v) is 13.2. The average Bonchev–Trinajstić information content (AvgIpc) is 2.86. The van der Waals surface area contributed by atoms with Crippen molar-refractivity contribution in [3.63, 3.8) is 0 Å². The van der Waals surface area contributed by atoms with Gasteiger partial charge in [-0.2, -0.15) is 0 Å². The predicted octanol–water partition coefficient (Wildman–Crippen LogP) is 4.29. The maximum atomic E-state index is 5.67. The van der Waals surface area contributed by atoms with Crippen LogP contribution in [0.5, 0.6) is 5.75 Å². The molecule has 1 N–H and O–H groups in total. The standard InChI is InChI=1S/C18H29NO/c1-4-12-19-16-10-11-18(3,14-16)15-6-8-17(9-7-15)20-13-5-2/h6-9,16,19H,4-5,10-14H2,1-3H3. The molecule has 0 amide bonds. The summed E-state index contributed by atoms with van der Waals surface area (Å²) in [5.41, 5.74) is 1.79. The fourth-order valence-corrected chi connectivity index (χ4v) is 3.20. The lowest BCUT2D eigenvalue weighted by atomic mass is 9.81. The van der Waals surface area contributed by atoms with Gasteiger partial charge in [0.2, 0.25) is 0 Å². The number of ether oxygens (including phenoxy) is 1. The molecule has 2 atom stereocenters. The van der Waals surface area contributed by atoms with E-state index in [1.807, 2.05) is 0 Å². The van der Waals surface area contributed by atoms with Crippen LogP contribution in [0.25, 0.3) is 0 Å². The molecule has 0 aromatic heterocycles. The highest BCUT2D eigenvalue weighted by atomic mass is 16.5. The van der Waals surface area contributed by atoms with Gasteiger partial charge in [-0.15, -0.1) is 0 Å². The van der Waals surface area contributed by atoms with Crippen LogP contribution in [-0.2, 0) is 5.41 Å². The molecular weight excluding hydrogens is 246 g/mol. The Morgan fingerprint density at radius 3 is 2.60 bits per heavy atom. The van der Waals surface area contributed by atoms with Gasteiger partial charge in [-0.25, -0.2) is 0 Å². The van der Waals surface area contributed by atoms with Gasteiger partial charge in [0, 0.05) is 6.04 Å². The Bertz CT molecular complexity index is 400. The summed E-state index contributed by atoms with van der Waals surface area (Å²) in [5.74, 6) is 0.998. The number of rotatable bonds is 7. The predicted molar refractivity (Wildman–Crippen MR) is 85.5 cm³/mol. The van der Waals surface area contributed by atoms with Crippen molar-refractivity contribution in [3.8, 4) is 5.75 Å². The van der Waals surface area contributed by atoms with E-state index in [1.54, 1.807) is 0 Å². The fourth-order valence-electron chi connectivity index (χ4n) is 3.20. The van der Waals surface area contributed by atoms with E-state index in [4.69, 9.17) is 4.74 Å². The Kier molecular flexibility index (Phi) is 5.47. The second kappa shape index (κ2) is 7.12. The first-order valence-corrected chi connectivity index (χ1v) is 8.14. The van der Waals surface area contributed by atoms with Gasteiger partial charge in [-0.3, -0.25) is 0 Å². The summed E-state index contributed by atoms with van der Waals surface area (Å²) in [6.45, 7) is 8.72. The third kappa shape index (κ3) is 3.76. The molecule has 1 aromatic rings. The van der Waals surface area contributed by atoms with E-state index >= 15 is 0 Å². The first kappa shape index (κ1) is 15.4. The molecule has 0 heterocycles. The topological polar surface area (TPSA) is 21.3 Å². The minimum atomic E-state index is 0.328. The Labute approximate surface area is 123 Å². The van der Waals surface area contributed by atoms with Crippen LogP contribution in [0.3, 0.4) is 0 Å². The molecule has 0 bridgehead atoms. The quantitative estimate of drug-likeness (QED) is 0.801. The Balaban J connectivity index is 1.96. The first-order chi connectivity index (χ1) is 9.68. The maximum Gasteiger partial charge on any atom is 0.119 e. The van der Waals surface area contributed by atoms with Gasteiger partial charge in [-0.1, -0.05) is 32.9 Å². The highest BCUT2D eigenvalue weighted by molar-refractivity contribution is 5.33. The van der Waals surface area contributed by atoms with E-state index in [2.05, 4.69) is 50.4 Å². The van der Waals surface area contributed by atoms with Gasteiger partial charge < -0.3 is 10.1 Å². The lowest BCUT2D eigenvalue weighted by Gasteiger charge is -2.25. The fraction of sp³-hybridized carbons (Fsp3) is 0.667. The molecule has 20 heavy (non-hydrogen) atoms. The van der Waals surface area contributed by atoms with Gasteiger partial charge in [0.1, 0.15) is 5.75 Å². The van der Waals surface area contributed by atoms with E-state index in [-0.39, 0.29) is 0 Å². The molecule has 2 nitrogen and oxygen atoms in total. The Morgan fingerprint density at radius 2 is 1.95 bits per heavy atom. The van der Waals surface area contributed by atoms with Gasteiger partial charge in [0.05, 0.1) is 6.61 Å². The third-order valence-electron chi connectivity index (χ3n) is 4.45. The minimum absolute atomic E-state index is 0.328. The van der Waals surface area contributed by atoms with E-state index < -0.39 is 0 Å². The molecule has 112 valence electrons. The monoisotopic (exact) mass is 275 g/mol. The van der Waals surface area contributed by atoms with Crippen molar-refractivity contribution in [2.24, 2.45) is 0 Å². The Morgan fingerprint density at radius 1 is 1.20 bits per heavy atom. The summed E-state index contributed by atoms with van der Waals surface area (Å²) < 4.78 is 5.67. The van der Waals surface area contributed by atoms with Crippen molar-refractivity contribution in [3.05, 3.63) is 29.8 Å². The molecule has 1 fully saturated rings. The summed E-state index contributed by atoms with van der Waals surface area (Å²) in [6, 6.07) is 9.46. The molecule has 2 heteroatoms. The summed E-state index contributed by atoms with van der Waals surface area (Å²) in [5, 5.41) is 3.67. The van der Waals surface area contributed by atoms with Crippen LogP contribution in [0.4, 0.5) is 0 Å². The highest BCUT2D eigenvalue weighted by Crippen LogP contribution is 2.41. The average molecular weight is 275 g/mol. The molecule has 1 aliphatic carbocycles. The smallest absolute Gasteiger partial charge is 0.119 e. The largest absolute Gasteiger partial charge is 0.494 e. The molecule has 2 rings (SSSR count). The van der Waals surface area contributed by atoms with Crippen LogP contribution in [0, 0.1) is 0 Å². The third-order valence-corrected chi connectivity index (χ3v) is 4.45. The molecule has 1 saturated carbocycles. The van der Waals surface area contributed by atoms with Crippen molar-refractivity contribution in [2.75, 3.05) is 13.2 Å². The van der Waals surface area contributed by atoms with Gasteiger partial charge >= 0.3 is 0 Å². The molecule has 0 radical (unpaired) electrons. The van der Waals surface area contributed by atoms with E-state index in [0.29, 0.717) is 11.5 Å². The van der Waals surface area contributed by atoms with Crippen LogP contribution >= 0.6 is 0 Å². The van der Waals surface area contributed by atoms with Crippen LogP contribution < -0.4 is 10.1 Å². The Hall–Kier alpha value is -1.02. The minimum Gasteiger partial charge on any atom is -0.494 e. The van der Waals surface area contributed by atoms with Crippen molar-refractivity contribution >= 4 is 0 Å². The van der Waals surface area contributed by atoms with Crippen molar-refractivity contribution in [2.45, 2.75) is 64.3 Å². The maximum absolute atomic E-state index is 5.67. The normalized spacial score (nSPS) is 25.9. The lowest BCUT2D eigenvalue weighted by molar-refractivity contribution is 0.317. The van der Waals surface area contributed by atoms with Crippen LogP contribution in [0.2, 0.25) is 0 Å². The van der Waals surface area contributed by atoms with E-state index in [1.165, 1.54) is 31.2 Å². The van der Waals surface area contributed by atoms with Gasteiger partial charge in [0.15, 0.2) is 0 Å². The van der Waals surface area contributed by atoms with E-state index in [0.717, 1.165) is 25.3 Å². The van der Waals surface area contributed by atoms with Crippen LogP contribution in [0.1, 0.15) is 58.4 Å².